The van der Waals surface area contributed by atoms with Crippen LogP contribution in [0.1, 0.15) is 26.2 Å². The average molecular weight is 314 g/mol. The van der Waals surface area contributed by atoms with Crippen molar-refractivity contribution in [2.45, 2.75) is 42.4 Å². The molecule has 20 heavy (non-hydrogen) atoms. The van der Waals surface area contributed by atoms with Gasteiger partial charge >= 0.3 is 0 Å². The predicted octanol–water partition coefficient (Wildman–Crippen LogP) is 2.68. The maximum absolute atomic E-state index is 12.5. The van der Waals surface area contributed by atoms with E-state index in [9.17, 15) is 8.42 Å². The van der Waals surface area contributed by atoms with E-state index in [-0.39, 0.29) is 6.04 Å². The normalized spacial score (nSPS) is 22.9. The summed E-state index contributed by atoms with van der Waals surface area (Å²) in [6.45, 7) is 2.65. The second-order valence-corrected chi connectivity index (χ2v) is 7.84. The summed E-state index contributed by atoms with van der Waals surface area (Å²) in [5, 5.41) is 3.68. The molecule has 1 saturated carbocycles. The van der Waals surface area contributed by atoms with Crippen LogP contribution < -0.4 is 10.0 Å². The molecule has 1 aromatic carbocycles. The number of hydrogen-bond donors (Lipinski definition) is 2. The summed E-state index contributed by atoms with van der Waals surface area (Å²) in [6.07, 6.45) is 5.02. The zero-order chi connectivity index (χ0) is 14.6. The lowest BCUT2D eigenvalue weighted by Crippen LogP contribution is -2.33. The summed E-state index contributed by atoms with van der Waals surface area (Å²) in [4.78, 5) is 0.342. The van der Waals surface area contributed by atoms with Gasteiger partial charge in [0.1, 0.15) is 4.90 Å². The van der Waals surface area contributed by atoms with E-state index < -0.39 is 10.0 Å². The van der Waals surface area contributed by atoms with E-state index in [0.29, 0.717) is 22.4 Å². The van der Waals surface area contributed by atoms with Gasteiger partial charge in [-0.3, -0.25) is 0 Å². The standard InChI is InChI=1S/C14H22N2O2S2/c1-3-15-13-6-4-5-7-14(13)20(17,18)16-11-8-9-12(10-11)19-2/h4-7,11-12,15-16H,3,8-10H2,1-2H3. The van der Waals surface area contributed by atoms with E-state index >= 15 is 0 Å². The molecule has 4 nitrogen and oxygen atoms in total. The molecule has 0 aromatic heterocycles. The summed E-state index contributed by atoms with van der Waals surface area (Å²) >= 11 is 1.82. The lowest BCUT2D eigenvalue weighted by Gasteiger charge is -2.16. The summed E-state index contributed by atoms with van der Waals surface area (Å²) in [5.74, 6) is 0. The highest BCUT2D eigenvalue weighted by Crippen LogP contribution is 2.30. The summed E-state index contributed by atoms with van der Waals surface area (Å²) in [6, 6.07) is 7.12. The molecule has 0 heterocycles. The van der Waals surface area contributed by atoms with Gasteiger partial charge in [0, 0.05) is 17.8 Å². The zero-order valence-corrected chi connectivity index (χ0v) is 13.6. The molecule has 2 atom stereocenters. The van der Waals surface area contributed by atoms with Gasteiger partial charge in [0.05, 0.1) is 5.69 Å². The van der Waals surface area contributed by atoms with E-state index in [1.54, 1.807) is 18.2 Å². The van der Waals surface area contributed by atoms with Crippen molar-refractivity contribution in [3.8, 4) is 0 Å². The molecule has 1 aromatic rings. The number of nitrogens with one attached hydrogen (secondary N) is 2. The Balaban J connectivity index is 2.14. The van der Waals surface area contributed by atoms with E-state index in [1.165, 1.54) is 0 Å². The fraction of sp³-hybridized carbons (Fsp3) is 0.571. The van der Waals surface area contributed by atoms with E-state index in [0.717, 1.165) is 19.3 Å². The molecule has 2 rings (SSSR count). The quantitative estimate of drug-likeness (QED) is 0.847. The van der Waals surface area contributed by atoms with Crippen molar-refractivity contribution in [3.63, 3.8) is 0 Å². The minimum atomic E-state index is -3.45. The Labute approximate surface area is 125 Å². The largest absolute Gasteiger partial charge is 0.384 e. The fourth-order valence-corrected chi connectivity index (χ4v) is 4.85. The van der Waals surface area contributed by atoms with Crippen LogP contribution in [0.3, 0.4) is 0 Å². The molecule has 1 aliphatic rings. The van der Waals surface area contributed by atoms with Crippen molar-refractivity contribution < 1.29 is 8.42 Å². The van der Waals surface area contributed by atoms with Gasteiger partial charge in [-0.1, -0.05) is 12.1 Å². The zero-order valence-electron chi connectivity index (χ0n) is 11.9. The lowest BCUT2D eigenvalue weighted by molar-refractivity contribution is 0.553. The highest BCUT2D eigenvalue weighted by molar-refractivity contribution is 7.99. The molecule has 112 valence electrons. The third-order valence-corrected chi connectivity index (χ3v) is 6.26. The Kier molecular flexibility index (Phi) is 5.35. The minimum absolute atomic E-state index is 0.0622. The molecular weight excluding hydrogens is 292 g/mol. The van der Waals surface area contributed by atoms with Crippen molar-refractivity contribution >= 4 is 27.5 Å². The molecule has 0 saturated heterocycles. The van der Waals surface area contributed by atoms with Crippen LogP contribution in [0.25, 0.3) is 0 Å². The van der Waals surface area contributed by atoms with Crippen LogP contribution in [-0.4, -0.2) is 32.5 Å². The Morgan fingerprint density at radius 2 is 2.05 bits per heavy atom. The molecule has 2 N–H and O–H groups in total. The summed E-state index contributed by atoms with van der Waals surface area (Å²) < 4.78 is 27.9. The van der Waals surface area contributed by atoms with Crippen molar-refractivity contribution in [1.29, 1.82) is 0 Å². The minimum Gasteiger partial charge on any atom is -0.384 e. The van der Waals surface area contributed by atoms with Gasteiger partial charge in [0.25, 0.3) is 0 Å². The monoisotopic (exact) mass is 314 g/mol. The smallest absolute Gasteiger partial charge is 0.242 e. The Morgan fingerprint density at radius 1 is 1.30 bits per heavy atom. The molecule has 1 aliphatic carbocycles. The Bertz CT molecular complexity index is 546. The van der Waals surface area contributed by atoms with Crippen LogP contribution in [0.15, 0.2) is 29.2 Å². The van der Waals surface area contributed by atoms with Crippen LogP contribution in [-0.2, 0) is 10.0 Å². The van der Waals surface area contributed by atoms with Crippen LogP contribution >= 0.6 is 11.8 Å². The van der Waals surface area contributed by atoms with E-state index in [1.807, 2.05) is 24.8 Å². The molecule has 2 unspecified atom stereocenters. The second-order valence-electron chi connectivity index (χ2n) is 5.02. The maximum atomic E-state index is 12.5. The third kappa shape index (κ3) is 3.68. The highest BCUT2D eigenvalue weighted by Gasteiger charge is 2.29. The first-order valence-corrected chi connectivity index (χ1v) is 9.72. The molecule has 0 bridgehead atoms. The number of benzene rings is 1. The lowest BCUT2D eigenvalue weighted by atomic mass is 10.3. The number of thioether (sulfide) groups is 1. The molecule has 6 heteroatoms. The van der Waals surface area contributed by atoms with Crippen LogP contribution in [0.2, 0.25) is 0 Å². The van der Waals surface area contributed by atoms with E-state index in [2.05, 4.69) is 16.3 Å². The van der Waals surface area contributed by atoms with Crippen molar-refractivity contribution in [2.75, 3.05) is 18.1 Å². The highest BCUT2D eigenvalue weighted by atomic mass is 32.2. The third-order valence-electron chi connectivity index (χ3n) is 3.58. The molecular formula is C14H22N2O2S2. The molecule has 1 fully saturated rings. The van der Waals surface area contributed by atoms with Gasteiger partial charge in [0.2, 0.25) is 10.0 Å². The van der Waals surface area contributed by atoms with Gasteiger partial charge in [-0.25, -0.2) is 13.1 Å². The summed E-state index contributed by atoms with van der Waals surface area (Å²) in [7, 11) is -3.45. The fourth-order valence-electron chi connectivity index (χ4n) is 2.58. The van der Waals surface area contributed by atoms with E-state index in [4.69, 9.17) is 0 Å². The maximum Gasteiger partial charge on any atom is 0.242 e. The second kappa shape index (κ2) is 6.83. The number of para-hydroxylation sites is 1. The SMILES string of the molecule is CCNc1ccccc1S(=O)(=O)NC1CCC(SC)C1. The predicted molar refractivity (Wildman–Crippen MR) is 85.9 cm³/mol. The molecule has 0 radical (unpaired) electrons. The summed E-state index contributed by atoms with van der Waals surface area (Å²) in [5.41, 5.74) is 0.668. The van der Waals surface area contributed by atoms with Gasteiger partial charge in [-0.2, -0.15) is 11.8 Å². The van der Waals surface area contributed by atoms with Crippen LogP contribution in [0.5, 0.6) is 0 Å². The van der Waals surface area contributed by atoms with Crippen molar-refractivity contribution in [2.24, 2.45) is 0 Å². The topological polar surface area (TPSA) is 58.2 Å². The Hall–Kier alpha value is -0.720. The molecule has 0 aliphatic heterocycles. The van der Waals surface area contributed by atoms with Gasteiger partial charge < -0.3 is 5.32 Å². The molecule has 0 spiro atoms. The first kappa shape index (κ1) is 15.7. The van der Waals surface area contributed by atoms with Gasteiger partial charge in [-0.15, -0.1) is 0 Å². The van der Waals surface area contributed by atoms with Crippen molar-refractivity contribution in [3.05, 3.63) is 24.3 Å². The van der Waals surface area contributed by atoms with Crippen molar-refractivity contribution in [1.82, 2.24) is 4.72 Å². The average Bonchev–Trinajstić information content (AvgIpc) is 2.86. The molecule has 0 amide bonds. The van der Waals surface area contributed by atoms with Crippen LogP contribution in [0, 0.1) is 0 Å². The van der Waals surface area contributed by atoms with Gasteiger partial charge in [-0.05, 0) is 44.6 Å². The van der Waals surface area contributed by atoms with Crippen LogP contribution in [0.4, 0.5) is 5.69 Å². The number of anilines is 1. The number of sulfonamides is 1. The number of rotatable bonds is 6. The first-order valence-electron chi connectivity index (χ1n) is 6.95. The first-order chi connectivity index (χ1) is 9.56. The number of hydrogen-bond acceptors (Lipinski definition) is 4. The Morgan fingerprint density at radius 3 is 2.70 bits per heavy atom. The van der Waals surface area contributed by atoms with Gasteiger partial charge in [0.15, 0.2) is 0 Å².